The summed E-state index contributed by atoms with van der Waals surface area (Å²) < 4.78 is 0. The lowest BCUT2D eigenvalue weighted by atomic mass is 9.74. The number of rotatable bonds is 2. The molecule has 0 amide bonds. The predicted octanol–water partition coefficient (Wildman–Crippen LogP) is 4.43. The predicted molar refractivity (Wildman–Crippen MR) is 85.2 cm³/mol. The minimum atomic E-state index is -1.30. The van der Waals surface area contributed by atoms with Crippen LogP contribution < -0.4 is 0 Å². The zero-order valence-electron chi connectivity index (χ0n) is 11.7. The van der Waals surface area contributed by atoms with Gasteiger partial charge in [0.15, 0.2) is 11.6 Å². The highest BCUT2D eigenvalue weighted by Crippen LogP contribution is 2.48. The molecule has 0 saturated carbocycles. The van der Waals surface area contributed by atoms with Crippen LogP contribution in [0.1, 0.15) is 39.6 Å². The van der Waals surface area contributed by atoms with Gasteiger partial charge >= 0.3 is 0 Å². The van der Waals surface area contributed by atoms with Crippen molar-refractivity contribution in [3.8, 4) is 5.75 Å². The lowest BCUT2D eigenvalue weighted by Gasteiger charge is -2.24. The van der Waals surface area contributed by atoms with E-state index in [0.717, 1.165) is 0 Å². The van der Waals surface area contributed by atoms with E-state index in [1.165, 1.54) is 6.07 Å². The van der Waals surface area contributed by atoms with E-state index >= 15 is 0 Å². The molecule has 0 radical (unpaired) electrons. The Bertz CT molecular complexity index is 799. The summed E-state index contributed by atoms with van der Waals surface area (Å²) >= 11 is 12.0. The van der Waals surface area contributed by atoms with Crippen LogP contribution in [0.2, 0.25) is 10.0 Å². The number of carbonyl (C=O) groups is 2. The number of hydrogen-bond acceptors (Lipinski definition) is 3. The Morgan fingerprint density at radius 1 is 1.05 bits per heavy atom. The van der Waals surface area contributed by atoms with Gasteiger partial charge in [0.2, 0.25) is 0 Å². The van der Waals surface area contributed by atoms with Crippen molar-refractivity contribution in [1.82, 2.24) is 0 Å². The molecule has 0 bridgehead atoms. The number of Topliss-reactive ketones (excluding diaryl/α,β-unsaturated/α-hetero) is 2. The molecule has 0 spiro atoms. The molecule has 1 aliphatic rings. The van der Waals surface area contributed by atoms with E-state index in [9.17, 15) is 14.7 Å². The summed E-state index contributed by atoms with van der Waals surface area (Å²) in [6.07, 6.45) is 0.304. The summed E-state index contributed by atoms with van der Waals surface area (Å²) in [4.78, 5) is 25.9. The molecule has 22 heavy (non-hydrogen) atoms. The number of aromatic hydroxyl groups is 1. The van der Waals surface area contributed by atoms with Gasteiger partial charge in [-0.1, -0.05) is 60.5 Å². The van der Waals surface area contributed by atoms with Gasteiger partial charge in [0, 0.05) is 5.56 Å². The highest BCUT2D eigenvalue weighted by atomic mass is 35.5. The molecule has 112 valence electrons. The van der Waals surface area contributed by atoms with Gasteiger partial charge in [0.1, 0.15) is 16.2 Å². The highest BCUT2D eigenvalue weighted by molar-refractivity contribution is 6.48. The highest BCUT2D eigenvalue weighted by Gasteiger charge is 2.54. The summed E-state index contributed by atoms with van der Waals surface area (Å²) in [6, 6.07) is 10.1. The van der Waals surface area contributed by atoms with Crippen LogP contribution in [0.3, 0.4) is 0 Å². The van der Waals surface area contributed by atoms with Crippen molar-refractivity contribution in [3.05, 3.63) is 63.1 Å². The van der Waals surface area contributed by atoms with Crippen molar-refractivity contribution >= 4 is 34.8 Å². The topological polar surface area (TPSA) is 54.4 Å². The molecule has 0 heterocycles. The molecule has 2 aromatic carbocycles. The number of phenolic OH excluding ortho intramolecular Hbond substituents is 1. The number of carbonyl (C=O) groups excluding carboxylic acids is 2. The molecule has 1 atom stereocenters. The van der Waals surface area contributed by atoms with Gasteiger partial charge in [-0.3, -0.25) is 9.59 Å². The van der Waals surface area contributed by atoms with Crippen LogP contribution in [0.25, 0.3) is 0 Å². The summed E-state index contributed by atoms with van der Waals surface area (Å²) in [5.41, 5.74) is -0.456. The van der Waals surface area contributed by atoms with Gasteiger partial charge in [0.05, 0.1) is 10.6 Å². The van der Waals surface area contributed by atoms with E-state index in [2.05, 4.69) is 0 Å². The third kappa shape index (κ3) is 1.76. The van der Waals surface area contributed by atoms with Crippen LogP contribution >= 0.6 is 23.2 Å². The third-order valence-corrected chi connectivity index (χ3v) is 5.09. The van der Waals surface area contributed by atoms with E-state index < -0.39 is 5.41 Å². The van der Waals surface area contributed by atoms with E-state index in [4.69, 9.17) is 23.2 Å². The number of halogens is 2. The first-order chi connectivity index (χ1) is 10.4. The minimum absolute atomic E-state index is 0.0683. The monoisotopic (exact) mass is 334 g/mol. The number of benzene rings is 2. The van der Waals surface area contributed by atoms with E-state index in [-0.39, 0.29) is 38.5 Å². The second kappa shape index (κ2) is 5.11. The van der Waals surface area contributed by atoms with Crippen molar-refractivity contribution in [2.24, 2.45) is 0 Å². The minimum Gasteiger partial charge on any atom is -0.506 e. The number of hydrogen-bond donors (Lipinski definition) is 1. The fraction of sp³-hybridized carbons (Fsp3) is 0.176. The van der Waals surface area contributed by atoms with Crippen LogP contribution in [0, 0.1) is 0 Å². The van der Waals surface area contributed by atoms with E-state index in [0.29, 0.717) is 12.0 Å². The molecule has 3 rings (SSSR count). The van der Waals surface area contributed by atoms with Crippen molar-refractivity contribution < 1.29 is 14.7 Å². The Kier molecular flexibility index (Phi) is 3.50. The zero-order chi connectivity index (χ0) is 16.1. The van der Waals surface area contributed by atoms with E-state index in [1.54, 1.807) is 31.2 Å². The van der Waals surface area contributed by atoms with Crippen LogP contribution in [0.4, 0.5) is 0 Å². The second-order valence-corrected chi connectivity index (χ2v) is 5.99. The van der Waals surface area contributed by atoms with Gasteiger partial charge in [-0.05, 0) is 18.1 Å². The molecule has 2 aromatic rings. The Labute approximate surface area is 137 Å². The lowest BCUT2D eigenvalue weighted by molar-refractivity contribution is 0.0789. The van der Waals surface area contributed by atoms with Gasteiger partial charge in [-0.15, -0.1) is 0 Å². The van der Waals surface area contributed by atoms with Gasteiger partial charge in [0.25, 0.3) is 0 Å². The summed E-state index contributed by atoms with van der Waals surface area (Å²) in [5.74, 6) is -1.02. The molecular formula is C17H12Cl2O3. The fourth-order valence-electron chi connectivity index (χ4n) is 3.07. The molecule has 5 heteroatoms. The lowest BCUT2D eigenvalue weighted by Crippen LogP contribution is -2.37. The average molecular weight is 335 g/mol. The quantitative estimate of drug-likeness (QED) is 0.826. The van der Waals surface area contributed by atoms with E-state index in [1.807, 2.05) is 6.07 Å². The molecular weight excluding hydrogens is 323 g/mol. The standard InChI is InChI=1S/C17H12Cl2O3/c1-2-17(9-6-4-3-5-7-9)15(21)10-8-11(20)13(18)14(19)12(10)16(17)22/h3-8,20H,2H2,1H3. The fourth-order valence-corrected chi connectivity index (χ4v) is 3.50. The number of ketones is 2. The number of fused-ring (bicyclic) bond motifs is 1. The second-order valence-electron chi connectivity index (χ2n) is 5.23. The largest absolute Gasteiger partial charge is 0.506 e. The Hall–Kier alpha value is -1.84. The molecule has 0 fully saturated rings. The van der Waals surface area contributed by atoms with Gasteiger partial charge < -0.3 is 5.11 Å². The SMILES string of the molecule is CCC1(c2ccccc2)C(=O)c2cc(O)c(Cl)c(Cl)c2C1=O. The first kappa shape index (κ1) is 15.1. The average Bonchev–Trinajstić information content (AvgIpc) is 2.74. The molecule has 1 aliphatic carbocycles. The Morgan fingerprint density at radius 2 is 1.68 bits per heavy atom. The Balaban J connectivity index is 2.33. The zero-order valence-corrected chi connectivity index (χ0v) is 13.2. The van der Waals surface area contributed by atoms with Crippen LogP contribution in [-0.4, -0.2) is 16.7 Å². The molecule has 1 N–H and O–H groups in total. The van der Waals surface area contributed by atoms with Crippen LogP contribution in [0.15, 0.2) is 36.4 Å². The van der Waals surface area contributed by atoms with Crippen molar-refractivity contribution in [2.45, 2.75) is 18.8 Å². The Morgan fingerprint density at radius 3 is 2.27 bits per heavy atom. The molecule has 0 aliphatic heterocycles. The summed E-state index contributed by atoms with van der Waals surface area (Å²) in [5, 5.41) is 9.62. The summed E-state index contributed by atoms with van der Waals surface area (Å²) in [7, 11) is 0. The van der Waals surface area contributed by atoms with Gasteiger partial charge in [-0.2, -0.15) is 0 Å². The molecule has 1 unspecified atom stereocenters. The van der Waals surface area contributed by atoms with Crippen molar-refractivity contribution in [1.29, 1.82) is 0 Å². The molecule has 0 saturated heterocycles. The van der Waals surface area contributed by atoms with Gasteiger partial charge in [-0.25, -0.2) is 0 Å². The third-order valence-electron chi connectivity index (χ3n) is 4.23. The normalized spacial score (nSPS) is 20.3. The maximum atomic E-state index is 13.0. The van der Waals surface area contributed by atoms with Crippen molar-refractivity contribution in [3.63, 3.8) is 0 Å². The first-order valence-corrected chi connectivity index (χ1v) is 7.56. The summed E-state index contributed by atoms with van der Waals surface area (Å²) in [6.45, 7) is 1.78. The maximum Gasteiger partial charge on any atom is 0.183 e. The van der Waals surface area contributed by atoms with Crippen LogP contribution in [0.5, 0.6) is 5.75 Å². The van der Waals surface area contributed by atoms with Crippen LogP contribution in [-0.2, 0) is 5.41 Å². The first-order valence-electron chi connectivity index (χ1n) is 6.81. The molecule has 3 nitrogen and oxygen atoms in total. The smallest absolute Gasteiger partial charge is 0.183 e. The number of phenols is 1. The maximum absolute atomic E-state index is 13.0. The van der Waals surface area contributed by atoms with Crippen molar-refractivity contribution in [2.75, 3.05) is 0 Å². The molecule has 0 aromatic heterocycles.